The number of hydrogen-bond donors (Lipinski definition) is 0. The monoisotopic (exact) mass is 342 g/mol. The van der Waals surface area contributed by atoms with Crippen LogP contribution in [0, 0.1) is 17.6 Å². The first-order valence-corrected chi connectivity index (χ1v) is 9.61. The Hall–Kier alpha value is -1.46. The van der Waals surface area contributed by atoms with Crippen molar-refractivity contribution in [2.45, 2.75) is 58.2 Å². The van der Waals surface area contributed by atoms with Crippen molar-refractivity contribution in [3.8, 4) is 5.69 Å². The van der Waals surface area contributed by atoms with Gasteiger partial charge in [-0.15, -0.1) is 0 Å². The molecule has 2 aliphatic rings. The third kappa shape index (κ3) is 2.95. The third-order valence-electron chi connectivity index (χ3n) is 5.69. The number of benzene rings is 1. The maximum atomic E-state index is 5.75. The summed E-state index contributed by atoms with van der Waals surface area (Å²) < 4.78 is 4.91. The van der Waals surface area contributed by atoms with Crippen LogP contribution >= 0.6 is 12.2 Å². The van der Waals surface area contributed by atoms with Crippen molar-refractivity contribution in [1.29, 1.82) is 0 Å². The van der Waals surface area contributed by atoms with Crippen LogP contribution in [0.1, 0.15) is 44.3 Å². The van der Waals surface area contributed by atoms with E-state index in [9.17, 15) is 0 Å². The SMILES string of the molecule is Cc1nn(CN2CCC[C@H]3CCCC[C@@H]32)c(=S)n1-c1ccccc1. The maximum Gasteiger partial charge on any atom is 0.203 e. The van der Waals surface area contributed by atoms with E-state index in [1.165, 1.54) is 45.1 Å². The van der Waals surface area contributed by atoms with Gasteiger partial charge in [-0.2, -0.15) is 5.10 Å². The van der Waals surface area contributed by atoms with Crippen LogP contribution in [0.25, 0.3) is 5.69 Å². The molecule has 4 rings (SSSR count). The smallest absolute Gasteiger partial charge is 0.203 e. The lowest BCUT2D eigenvalue weighted by Crippen LogP contribution is -2.47. The topological polar surface area (TPSA) is 26.0 Å². The third-order valence-corrected chi connectivity index (χ3v) is 6.08. The van der Waals surface area contributed by atoms with E-state index < -0.39 is 0 Å². The molecule has 1 aliphatic heterocycles. The molecular formula is C19H26N4S. The second-order valence-corrected chi connectivity index (χ2v) is 7.57. The Bertz CT molecular complexity index is 746. The molecule has 2 fully saturated rings. The van der Waals surface area contributed by atoms with Crippen LogP contribution in [0.4, 0.5) is 0 Å². The van der Waals surface area contributed by atoms with Crippen molar-refractivity contribution in [3.63, 3.8) is 0 Å². The Balaban J connectivity index is 1.60. The Labute approximate surface area is 149 Å². The Kier molecular flexibility index (Phi) is 4.55. The Morgan fingerprint density at radius 2 is 1.83 bits per heavy atom. The van der Waals surface area contributed by atoms with Gasteiger partial charge in [0.15, 0.2) is 0 Å². The molecule has 1 aromatic carbocycles. The second-order valence-electron chi connectivity index (χ2n) is 7.21. The van der Waals surface area contributed by atoms with Crippen molar-refractivity contribution in [2.24, 2.45) is 5.92 Å². The zero-order valence-corrected chi connectivity index (χ0v) is 15.2. The molecule has 0 unspecified atom stereocenters. The molecule has 1 saturated heterocycles. The van der Waals surface area contributed by atoms with Crippen LogP contribution < -0.4 is 0 Å². The van der Waals surface area contributed by atoms with Crippen molar-refractivity contribution in [3.05, 3.63) is 40.9 Å². The van der Waals surface area contributed by atoms with Gasteiger partial charge in [-0.05, 0) is 62.9 Å². The van der Waals surface area contributed by atoms with E-state index in [0.717, 1.165) is 34.9 Å². The molecule has 2 heterocycles. The van der Waals surface area contributed by atoms with Crippen molar-refractivity contribution in [2.75, 3.05) is 6.54 Å². The summed E-state index contributed by atoms with van der Waals surface area (Å²) in [7, 11) is 0. The van der Waals surface area contributed by atoms with E-state index >= 15 is 0 Å². The minimum atomic E-state index is 0.733. The zero-order chi connectivity index (χ0) is 16.5. The highest BCUT2D eigenvalue weighted by Crippen LogP contribution is 2.35. The van der Waals surface area contributed by atoms with Gasteiger partial charge in [0.25, 0.3) is 0 Å². The zero-order valence-electron chi connectivity index (χ0n) is 14.4. The van der Waals surface area contributed by atoms with Crippen molar-refractivity contribution < 1.29 is 0 Å². The van der Waals surface area contributed by atoms with Gasteiger partial charge in [0, 0.05) is 18.3 Å². The summed E-state index contributed by atoms with van der Waals surface area (Å²) in [6, 6.07) is 11.0. The van der Waals surface area contributed by atoms with Gasteiger partial charge in [-0.1, -0.05) is 31.0 Å². The normalized spacial score (nSPS) is 24.7. The summed E-state index contributed by atoms with van der Waals surface area (Å²) in [6.45, 7) is 4.06. The summed E-state index contributed by atoms with van der Waals surface area (Å²) >= 11 is 5.75. The largest absolute Gasteiger partial charge is 0.281 e. The summed E-state index contributed by atoms with van der Waals surface area (Å²) in [6.07, 6.45) is 8.26. The van der Waals surface area contributed by atoms with E-state index in [1.807, 2.05) is 29.8 Å². The van der Waals surface area contributed by atoms with E-state index in [2.05, 4.69) is 21.6 Å². The highest BCUT2D eigenvalue weighted by atomic mass is 32.1. The van der Waals surface area contributed by atoms with Crippen molar-refractivity contribution in [1.82, 2.24) is 19.2 Å². The van der Waals surface area contributed by atoms with Crippen LogP contribution in [-0.4, -0.2) is 31.8 Å². The van der Waals surface area contributed by atoms with Crippen LogP contribution in [0.3, 0.4) is 0 Å². The first kappa shape index (κ1) is 16.0. The fourth-order valence-electron chi connectivity index (χ4n) is 4.56. The fraction of sp³-hybridized carbons (Fsp3) is 0.579. The Morgan fingerprint density at radius 1 is 1.08 bits per heavy atom. The van der Waals surface area contributed by atoms with Gasteiger partial charge in [0.1, 0.15) is 5.82 Å². The lowest BCUT2D eigenvalue weighted by atomic mass is 9.78. The quantitative estimate of drug-likeness (QED) is 0.777. The molecule has 128 valence electrons. The number of hydrogen-bond acceptors (Lipinski definition) is 3. The van der Waals surface area contributed by atoms with Gasteiger partial charge in [0.05, 0.1) is 6.67 Å². The van der Waals surface area contributed by atoms with Gasteiger partial charge in [-0.25, -0.2) is 4.68 Å². The molecule has 1 saturated carbocycles. The average molecular weight is 343 g/mol. The molecule has 2 atom stereocenters. The second kappa shape index (κ2) is 6.81. The number of aromatic nitrogens is 3. The van der Waals surface area contributed by atoms with Gasteiger partial charge >= 0.3 is 0 Å². The van der Waals surface area contributed by atoms with Crippen molar-refractivity contribution >= 4 is 12.2 Å². The Morgan fingerprint density at radius 3 is 2.67 bits per heavy atom. The minimum absolute atomic E-state index is 0.733. The van der Waals surface area contributed by atoms with E-state index in [4.69, 9.17) is 17.3 Å². The predicted molar refractivity (Wildman–Crippen MR) is 98.8 cm³/mol. The number of fused-ring (bicyclic) bond motifs is 1. The molecule has 0 N–H and O–H groups in total. The summed E-state index contributed by atoms with van der Waals surface area (Å²) in [5, 5.41) is 4.75. The first-order valence-electron chi connectivity index (χ1n) is 9.20. The molecule has 4 nitrogen and oxygen atoms in total. The lowest BCUT2D eigenvalue weighted by Gasteiger charge is -2.43. The van der Waals surface area contributed by atoms with E-state index in [0.29, 0.717) is 0 Å². The highest BCUT2D eigenvalue weighted by molar-refractivity contribution is 7.71. The number of rotatable bonds is 3. The molecule has 2 aromatic rings. The van der Waals surface area contributed by atoms with E-state index in [-0.39, 0.29) is 0 Å². The van der Waals surface area contributed by atoms with Gasteiger partial charge in [0.2, 0.25) is 4.77 Å². The first-order chi connectivity index (χ1) is 11.7. The average Bonchev–Trinajstić information content (AvgIpc) is 2.90. The van der Waals surface area contributed by atoms with Crippen LogP contribution in [-0.2, 0) is 6.67 Å². The molecule has 0 amide bonds. The number of nitrogens with zero attached hydrogens (tertiary/aromatic N) is 4. The number of para-hydroxylation sites is 1. The van der Waals surface area contributed by atoms with Gasteiger partial charge in [-0.3, -0.25) is 9.47 Å². The highest BCUT2D eigenvalue weighted by Gasteiger charge is 2.33. The standard InChI is InChI=1S/C19H26N4S/c1-15-20-22(19(24)23(15)17-10-3-2-4-11-17)14-21-13-7-9-16-8-5-6-12-18(16)21/h2-4,10-11,16,18H,5-9,12-14H2,1H3/t16-,18+/m1/s1. The maximum absolute atomic E-state index is 5.75. The van der Waals surface area contributed by atoms with Crippen LogP contribution in [0.15, 0.2) is 30.3 Å². The molecule has 24 heavy (non-hydrogen) atoms. The number of aryl methyl sites for hydroxylation is 1. The predicted octanol–water partition coefficient (Wildman–Crippen LogP) is 4.32. The number of piperidine rings is 1. The minimum Gasteiger partial charge on any atom is -0.281 e. The summed E-state index contributed by atoms with van der Waals surface area (Å²) in [5.74, 6) is 1.85. The molecule has 0 spiro atoms. The molecule has 1 aromatic heterocycles. The lowest BCUT2D eigenvalue weighted by molar-refractivity contribution is 0.0323. The number of likely N-dealkylation sites (tertiary alicyclic amines) is 1. The molecule has 5 heteroatoms. The van der Waals surface area contributed by atoms with Crippen LogP contribution in [0.2, 0.25) is 0 Å². The van der Waals surface area contributed by atoms with E-state index in [1.54, 1.807) is 0 Å². The van der Waals surface area contributed by atoms with Gasteiger partial charge < -0.3 is 0 Å². The molecule has 0 bridgehead atoms. The fourth-order valence-corrected chi connectivity index (χ4v) is 4.89. The van der Waals surface area contributed by atoms with Crippen LogP contribution in [0.5, 0.6) is 0 Å². The molecule has 0 radical (unpaired) electrons. The molecule has 1 aliphatic carbocycles. The summed E-state index contributed by atoms with van der Waals surface area (Å²) in [4.78, 5) is 2.63. The molecular weight excluding hydrogens is 316 g/mol. The summed E-state index contributed by atoms with van der Waals surface area (Å²) in [5.41, 5.74) is 1.10.